The maximum atomic E-state index is 13.4. The van der Waals surface area contributed by atoms with E-state index in [0.717, 1.165) is 0 Å². The summed E-state index contributed by atoms with van der Waals surface area (Å²) in [7, 11) is 0. The number of carbonyl (C=O) groups excluding carboxylic acids is 1. The predicted octanol–water partition coefficient (Wildman–Crippen LogP) is 1.20. The van der Waals surface area contributed by atoms with Gasteiger partial charge in [0, 0.05) is 12.6 Å². The highest BCUT2D eigenvalue weighted by atomic mass is 19.1. The van der Waals surface area contributed by atoms with Gasteiger partial charge in [-0.1, -0.05) is 11.8 Å². The Hall–Kier alpha value is -2.02. The molecule has 3 nitrogen and oxygen atoms in total. The molecule has 1 aromatic rings. The number of halogens is 1. The van der Waals surface area contributed by atoms with E-state index in [1.807, 2.05) is 0 Å². The van der Waals surface area contributed by atoms with Crippen LogP contribution in [0.1, 0.15) is 18.1 Å². The summed E-state index contributed by atoms with van der Waals surface area (Å²) in [5, 5.41) is 2.49. The lowest BCUT2D eigenvalue weighted by atomic mass is 10.1. The average Bonchev–Trinajstić information content (AvgIpc) is 2.19. The summed E-state index contributed by atoms with van der Waals surface area (Å²) in [4.78, 5) is 10.5. The minimum absolute atomic E-state index is 0.168. The molecule has 0 unspecified atom stereocenters. The molecule has 0 bridgehead atoms. The van der Waals surface area contributed by atoms with E-state index in [1.165, 1.54) is 19.1 Å². The molecule has 0 aliphatic carbocycles. The molecule has 1 aromatic carbocycles. The molecule has 16 heavy (non-hydrogen) atoms. The number of amides is 1. The van der Waals surface area contributed by atoms with E-state index in [9.17, 15) is 9.18 Å². The van der Waals surface area contributed by atoms with Crippen molar-refractivity contribution in [1.29, 1.82) is 0 Å². The van der Waals surface area contributed by atoms with E-state index >= 15 is 0 Å². The number of hydrogen-bond acceptors (Lipinski definition) is 2. The zero-order chi connectivity index (χ0) is 12.1. The molecular weight excluding hydrogens is 207 g/mol. The van der Waals surface area contributed by atoms with Crippen molar-refractivity contribution in [3.63, 3.8) is 0 Å². The molecule has 0 aliphatic rings. The largest absolute Gasteiger partial charge is 0.398 e. The van der Waals surface area contributed by atoms with Gasteiger partial charge >= 0.3 is 0 Å². The Labute approximate surface area is 93.8 Å². The van der Waals surface area contributed by atoms with Crippen molar-refractivity contribution >= 4 is 11.6 Å². The van der Waals surface area contributed by atoms with E-state index < -0.39 is 5.82 Å². The highest BCUT2D eigenvalue weighted by Gasteiger charge is 2.02. The molecule has 0 aromatic heterocycles. The van der Waals surface area contributed by atoms with Crippen molar-refractivity contribution in [3.05, 3.63) is 29.1 Å². The summed E-state index contributed by atoms with van der Waals surface area (Å²) >= 11 is 0. The van der Waals surface area contributed by atoms with Crippen molar-refractivity contribution in [2.45, 2.75) is 13.8 Å². The van der Waals surface area contributed by atoms with E-state index in [1.54, 1.807) is 6.92 Å². The van der Waals surface area contributed by atoms with Gasteiger partial charge in [-0.15, -0.1) is 0 Å². The van der Waals surface area contributed by atoms with Gasteiger partial charge in [-0.25, -0.2) is 4.39 Å². The smallest absolute Gasteiger partial charge is 0.217 e. The minimum Gasteiger partial charge on any atom is -0.398 e. The van der Waals surface area contributed by atoms with Crippen LogP contribution in [0.5, 0.6) is 0 Å². The molecule has 3 N–H and O–H groups in total. The molecule has 1 rings (SSSR count). The van der Waals surface area contributed by atoms with Crippen LogP contribution in [0.2, 0.25) is 0 Å². The maximum absolute atomic E-state index is 13.4. The monoisotopic (exact) mass is 220 g/mol. The number of nitrogen functional groups attached to an aromatic ring is 1. The summed E-state index contributed by atoms with van der Waals surface area (Å²) in [5.41, 5.74) is 7.07. The number of aryl methyl sites for hydroxylation is 1. The zero-order valence-electron chi connectivity index (χ0n) is 9.23. The first-order valence-corrected chi connectivity index (χ1v) is 4.79. The van der Waals surface area contributed by atoms with Crippen LogP contribution in [0.15, 0.2) is 12.1 Å². The molecule has 0 aliphatic heterocycles. The van der Waals surface area contributed by atoms with Gasteiger partial charge in [0.2, 0.25) is 5.91 Å². The molecule has 84 valence electrons. The fourth-order valence-electron chi connectivity index (χ4n) is 1.09. The highest BCUT2D eigenvalue weighted by Crippen LogP contribution is 2.15. The Kier molecular flexibility index (Phi) is 3.90. The Balaban J connectivity index is 2.81. The normalized spacial score (nSPS) is 9.19. The van der Waals surface area contributed by atoms with Crippen molar-refractivity contribution in [2.75, 3.05) is 12.3 Å². The molecular formula is C12H13FN2O. The number of benzene rings is 1. The van der Waals surface area contributed by atoms with Crippen molar-refractivity contribution in [3.8, 4) is 11.8 Å². The summed E-state index contributed by atoms with van der Waals surface area (Å²) < 4.78 is 13.4. The van der Waals surface area contributed by atoms with Crippen molar-refractivity contribution in [2.24, 2.45) is 0 Å². The van der Waals surface area contributed by atoms with Gasteiger partial charge in [-0.05, 0) is 24.6 Å². The molecule has 0 fully saturated rings. The SMILES string of the molecule is CC(=O)NCC#Cc1cc(N)c(C)cc1F. The Morgan fingerprint density at radius 1 is 1.56 bits per heavy atom. The van der Waals surface area contributed by atoms with E-state index in [0.29, 0.717) is 11.3 Å². The molecule has 0 atom stereocenters. The number of carbonyl (C=O) groups is 1. The maximum Gasteiger partial charge on any atom is 0.217 e. The van der Waals surface area contributed by atoms with Crippen LogP contribution in [0.25, 0.3) is 0 Å². The summed E-state index contributed by atoms with van der Waals surface area (Å²) in [6.07, 6.45) is 0. The second kappa shape index (κ2) is 5.17. The quantitative estimate of drug-likeness (QED) is 0.552. The van der Waals surface area contributed by atoms with Gasteiger partial charge in [0.05, 0.1) is 12.1 Å². The third-order valence-corrected chi connectivity index (χ3v) is 2.00. The standard InChI is InChI=1S/C12H13FN2O/c1-8-6-11(13)10(7-12(8)14)4-3-5-15-9(2)16/h6-7H,5,14H2,1-2H3,(H,15,16). The van der Waals surface area contributed by atoms with Gasteiger partial charge in [0.1, 0.15) is 5.82 Å². The van der Waals surface area contributed by atoms with Crippen molar-refractivity contribution < 1.29 is 9.18 Å². The van der Waals surface area contributed by atoms with Gasteiger partial charge in [0.15, 0.2) is 0 Å². The van der Waals surface area contributed by atoms with Crippen LogP contribution in [-0.2, 0) is 4.79 Å². The molecule has 0 heterocycles. The highest BCUT2D eigenvalue weighted by molar-refractivity contribution is 5.73. The second-order valence-electron chi connectivity index (χ2n) is 3.40. The van der Waals surface area contributed by atoms with Gasteiger partial charge in [0.25, 0.3) is 0 Å². The number of anilines is 1. The zero-order valence-corrected chi connectivity index (χ0v) is 9.23. The Morgan fingerprint density at radius 3 is 2.88 bits per heavy atom. The van der Waals surface area contributed by atoms with Crippen LogP contribution in [0.3, 0.4) is 0 Å². The lowest BCUT2D eigenvalue weighted by Crippen LogP contribution is -2.19. The molecule has 4 heteroatoms. The van der Waals surface area contributed by atoms with E-state index in [4.69, 9.17) is 5.73 Å². The Morgan fingerprint density at radius 2 is 2.25 bits per heavy atom. The topological polar surface area (TPSA) is 55.1 Å². The number of nitrogens with two attached hydrogens (primary N) is 1. The minimum atomic E-state index is -0.401. The number of rotatable bonds is 1. The van der Waals surface area contributed by atoms with Gasteiger partial charge in [-0.3, -0.25) is 4.79 Å². The molecule has 0 spiro atoms. The van der Waals surface area contributed by atoms with Gasteiger partial charge in [-0.2, -0.15) is 0 Å². The second-order valence-corrected chi connectivity index (χ2v) is 3.40. The average molecular weight is 220 g/mol. The summed E-state index contributed by atoms with van der Waals surface area (Å²) in [6.45, 7) is 3.32. The fraction of sp³-hybridized carbons (Fsp3) is 0.250. The van der Waals surface area contributed by atoms with Crippen LogP contribution in [-0.4, -0.2) is 12.5 Å². The van der Waals surface area contributed by atoms with Crippen LogP contribution in [0.4, 0.5) is 10.1 Å². The lowest BCUT2D eigenvalue weighted by molar-refractivity contribution is -0.118. The first kappa shape index (κ1) is 12.1. The Bertz CT molecular complexity index is 472. The van der Waals surface area contributed by atoms with E-state index in [2.05, 4.69) is 17.2 Å². The van der Waals surface area contributed by atoms with Crippen molar-refractivity contribution in [1.82, 2.24) is 5.32 Å². The molecule has 0 radical (unpaired) electrons. The number of nitrogens with one attached hydrogen (secondary N) is 1. The van der Waals surface area contributed by atoms with Crippen LogP contribution >= 0.6 is 0 Å². The third-order valence-electron chi connectivity index (χ3n) is 2.00. The van der Waals surface area contributed by atoms with Crippen LogP contribution < -0.4 is 11.1 Å². The molecule has 0 saturated heterocycles. The first-order valence-electron chi connectivity index (χ1n) is 4.79. The fourth-order valence-corrected chi connectivity index (χ4v) is 1.09. The van der Waals surface area contributed by atoms with E-state index in [-0.39, 0.29) is 18.0 Å². The predicted molar refractivity (Wildman–Crippen MR) is 61.1 cm³/mol. The summed E-state index contributed by atoms with van der Waals surface area (Å²) in [5.74, 6) is 4.69. The van der Waals surface area contributed by atoms with Gasteiger partial charge < -0.3 is 11.1 Å². The first-order chi connectivity index (χ1) is 7.50. The summed E-state index contributed by atoms with van der Waals surface area (Å²) in [6, 6.07) is 2.84. The number of hydrogen-bond donors (Lipinski definition) is 2. The third kappa shape index (κ3) is 3.28. The molecule has 1 amide bonds. The molecule has 0 saturated carbocycles. The lowest BCUT2D eigenvalue weighted by Gasteiger charge is -2.01. The van der Waals surface area contributed by atoms with Crippen LogP contribution in [0, 0.1) is 24.6 Å².